The molecule has 3 rings (SSSR count). The predicted octanol–water partition coefficient (Wildman–Crippen LogP) is 3.42. The van der Waals surface area contributed by atoms with E-state index in [4.69, 9.17) is 4.74 Å². The first-order valence-corrected chi connectivity index (χ1v) is 8.63. The second-order valence-corrected chi connectivity index (χ2v) is 6.24. The molecule has 0 aromatic heterocycles. The lowest BCUT2D eigenvalue weighted by atomic mass is 9.88. The van der Waals surface area contributed by atoms with E-state index in [9.17, 15) is 18.4 Å². The number of anilines is 1. The number of carbonyl (C=O) groups excluding carboxylic acids is 2. The van der Waals surface area contributed by atoms with Crippen LogP contribution in [0.15, 0.2) is 60.8 Å². The second kappa shape index (κ2) is 8.59. The number of carbonyl (C=O) groups is 2. The van der Waals surface area contributed by atoms with Crippen molar-refractivity contribution in [3.05, 3.63) is 66.4 Å². The van der Waals surface area contributed by atoms with Gasteiger partial charge < -0.3 is 25.4 Å². The van der Waals surface area contributed by atoms with Gasteiger partial charge in [-0.05, 0) is 42.0 Å². The van der Waals surface area contributed by atoms with E-state index >= 15 is 0 Å². The van der Waals surface area contributed by atoms with Crippen molar-refractivity contribution in [2.24, 2.45) is 5.92 Å². The smallest absolute Gasteiger partial charge is 0.387 e. The van der Waals surface area contributed by atoms with Crippen molar-refractivity contribution >= 4 is 17.6 Å². The second-order valence-electron chi connectivity index (χ2n) is 6.24. The molecule has 152 valence electrons. The van der Waals surface area contributed by atoms with Gasteiger partial charge >= 0.3 is 12.6 Å². The van der Waals surface area contributed by atoms with E-state index in [0.717, 1.165) is 0 Å². The fourth-order valence-electron chi connectivity index (χ4n) is 3.02. The highest BCUT2D eigenvalue weighted by Crippen LogP contribution is 2.31. The average molecular weight is 403 g/mol. The van der Waals surface area contributed by atoms with Gasteiger partial charge in [0.25, 0.3) is 0 Å². The molecule has 29 heavy (non-hydrogen) atoms. The van der Waals surface area contributed by atoms with E-state index in [1.807, 2.05) is 0 Å². The zero-order valence-corrected chi connectivity index (χ0v) is 15.4. The van der Waals surface area contributed by atoms with Crippen LogP contribution in [-0.4, -0.2) is 25.7 Å². The molecule has 0 unspecified atom stereocenters. The molecule has 1 aliphatic rings. The normalized spacial score (nSPS) is 18.6. The summed E-state index contributed by atoms with van der Waals surface area (Å²) < 4.78 is 34.1. The van der Waals surface area contributed by atoms with Crippen molar-refractivity contribution in [1.82, 2.24) is 10.6 Å². The lowest BCUT2D eigenvalue weighted by Gasteiger charge is -2.34. The topological polar surface area (TPSA) is 88.7 Å². The Bertz CT molecular complexity index is 901. The van der Waals surface area contributed by atoms with Gasteiger partial charge in [0.05, 0.1) is 13.2 Å². The average Bonchev–Trinajstić information content (AvgIpc) is 2.68. The highest BCUT2D eigenvalue weighted by molar-refractivity contribution is 5.97. The van der Waals surface area contributed by atoms with E-state index in [-0.39, 0.29) is 11.4 Å². The standard InChI is InChI=1S/C20H19F2N3O4/c1-11-16(18(26)24-13-5-9-14(28-2)10-6-13)17(25-20(27)23-11)12-3-7-15(8-4-12)29-19(21)22/h3-10,16-17,19H,1H2,2H3,(H,24,26)(H2,23,25,27)/t16-,17-/m0/s1. The number of nitrogens with one attached hydrogen (secondary N) is 3. The molecule has 2 aromatic rings. The molecule has 0 radical (unpaired) electrons. The van der Waals surface area contributed by atoms with Gasteiger partial charge in [-0.15, -0.1) is 0 Å². The Morgan fingerprint density at radius 3 is 2.31 bits per heavy atom. The first kappa shape index (κ1) is 20.1. The van der Waals surface area contributed by atoms with Crippen molar-refractivity contribution < 1.29 is 27.8 Å². The maximum atomic E-state index is 12.9. The summed E-state index contributed by atoms with van der Waals surface area (Å²) in [4.78, 5) is 24.8. The van der Waals surface area contributed by atoms with E-state index in [1.54, 1.807) is 24.3 Å². The maximum absolute atomic E-state index is 12.9. The quantitative estimate of drug-likeness (QED) is 0.690. The van der Waals surface area contributed by atoms with Gasteiger partial charge in [0.15, 0.2) is 0 Å². The number of hydrogen-bond acceptors (Lipinski definition) is 4. The third kappa shape index (κ3) is 4.81. The monoisotopic (exact) mass is 403 g/mol. The van der Waals surface area contributed by atoms with Crippen LogP contribution in [0.5, 0.6) is 11.5 Å². The Morgan fingerprint density at radius 2 is 1.72 bits per heavy atom. The molecule has 2 atom stereocenters. The van der Waals surface area contributed by atoms with Crippen molar-refractivity contribution in [3.8, 4) is 11.5 Å². The molecule has 1 fully saturated rings. The number of benzene rings is 2. The number of methoxy groups -OCH3 is 1. The first-order valence-electron chi connectivity index (χ1n) is 8.63. The summed E-state index contributed by atoms with van der Waals surface area (Å²) in [7, 11) is 1.54. The lowest BCUT2D eigenvalue weighted by Crippen LogP contribution is -2.51. The molecule has 0 bridgehead atoms. The molecule has 7 nitrogen and oxygen atoms in total. The number of rotatable bonds is 6. The third-order valence-electron chi connectivity index (χ3n) is 4.37. The van der Waals surface area contributed by atoms with Crippen LogP contribution in [0.3, 0.4) is 0 Å². The molecule has 1 aliphatic heterocycles. The molecule has 3 N–H and O–H groups in total. The van der Waals surface area contributed by atoms with E-state index in [0.29, 0.717) is 17.0 Å². The van der Waals surface area contributed by atoms with E-state index in [2.05, 4.69) is 27.3 Å². The van der Waals surface area contributed by atoms with Crippen LogP contribution in [0.1, 0.15) is 11.6 Å². The fraction of sp³-hybridized carbons (Fsp3) is 0.200. The van der Waals surface area contributed by atoms with E-state index < -0.39 is 30.5 Å². The van der Waals surface area contributed by atoms with Crippen molar-refractivity contribution in [2.45, 2.75) is 12.7 Å². The molecule has 1 saturated heterocycles. The number of halogens is 2. The summed E-state index contributed by atoms with van der Waals surface area (Å²) in [5.41, 5.74) is 1.30. The molecule has 2 aromatic carbocycles. The highest BCUT2D eigenvalue weighted by atomic mass is 19.3. The largest absolute Gasteiger partial charge is 0.497 e. The minimum absolute atomic E-state index is 0.0259. The van der Waals surface area contributed by atoms with Gasteiger partial charge in [0.1, 0.15) is 17.4 Å². The molecule has 0 aliphatic carbocycles. The Hall–Kier alpha value is -3.62. The molecule has 1 heterocycles. The van der Waals surface area contributed by atoms with Crippen molar-refractivity contribution in [3.63, 3.8) is 0 Å². The minimum Gasteiger partial charge on any atom is -0.497 e. The molecular weight excluding hydrogens is 384 g/mol. The van der Waals surface area contributed by atoms with Crippen LogP contribution < -0.4 is 25.4 Å². The van der Waals surface area contributed by atoms with Crippen molar-refractivity contribution in [1.29, 1.82) is 0 Å². The van der Waals surface area contributed by atoms with Crippen LogP contribution in [-0.2, 0) is 4.79 Å². The summed E-state index contributed by atoms with van der Waals surface area (Å²) >= 11 is 0. The third-order valence-corrected chi connectivity index (χ3v) is 4.37. The Balaban J connectivity index is 1.82. The molecule has 0 spiro atoms. The van der Waals surface area contributed by atoms with Gasteiger partial charge in [-0.25, -0.2) is 4.79 Å². The zero-order chi connectivity index (χ0) is 21.0. The zero-order valence-electron chi connectivity index (χ0n) is 15.4. The van der Waals surface area contributed by atoms with Crippen molar-refractivity contribution in [2.75, 3.05) is 12.4 Å². The van der Waals surface area contributed by atoms with Crippen LogP contribution >= 0.6 is 0 Å². The summed E-state index contributed by atoms with van der Waals surface area (Å²) in [6, 6.07) is 11.2. The van der Waals surface area contributed by atoms with Crippen LogP contribution in [0.2, 0.25) is 0 Å². The van der Waals surface area contributed by atoms with Crippen LogP contribution in [0.25, 0.3) is 0 Å². The number of amides is 3. The minimum atomic E-state index is -2.94. The summed E-state index contributed by atoms with van der Waals surface area (Å²) in [6.45, 7) is 0.850. The van der Waals surface area contributed by atoms with Gasteiger partial charge in [-0.3, -0.25) is 4.79 Å². The van der Waals surface area contributed by atoms with Crippen LogP contribution in [0, 0.1) is 5.92 Å². The molecule has 0 saturated carbocycles. The molecular formula is C20H19F2N3O4. The summed E-state index contributed by atoms with van der Waals surface area (Å²) in [5, 5.41) is 7.95. The van der Waals surface area contributed by atoms with Gasteiger partial charge in [0.2, 0.25) is 5.91 Å². The summed E-state index contributed by atoms with van der Waals surface area (Å²) in [6.07, 6.45) is 0. The molecule has 3 amide bonds. The Labute approximate surface area is 165 Å². The Morgan fingerprint density at radius 1 is 1.10 bits per heavy atom. The number of urea groups is 1. The van der Waals surface area contributed by atoms with Crippen LogP contribution in [0.4, 0.5) is 19.3 Å². The lowest BCUT2D eigenvalue weighted by molar-refractivity contribution is -0.119. The first-order chi connectivity index (χ1) is 13.9. The number of hydrogen-bond donors (Lipinski definition) is 3. The summed E-state index contributed by atoms with van der Waals surface area (Å²) in [5.74, 6) is -0.618. The molecule has 9 heteroatoms. The fourth-order valence-corrected chi connectivity index (χ4v) is 3.02. The van der Waals surface area contributed by atoms with E-state index in [1.165, 1.54) is 31.4 Å². The SMILES string of the molecule is C=C1NC(=O)N[C@@H](c2ccc(OC(F)F)cc2)[C@H]1C(=O)Nc1ccc(OC)cc1. The van der Waals surface area contributed by atoms with Gasteiger partial charge in [-0.1, -0.05) is 18.7 Å². The number of alkyl halides is 2. The Kier molecular flexibility index (Phi) is 5.96. The maximum Gasteiger partial charge on any atom is 0.387 e. The van der Waals surface area contributed by atoms with Gasteiger partial charge in [-0.2, -0.15) is 8.78 Å². The predicted molar refractivity (Wildman–Crippen MR) is 102 cm³/mol. The number of ether oxygens (including phenoxy) is 2. The van der Waals surface area contributed by atoms with Gasteiger partial charge in [0, 0.05) is 11.4 Å². The highest BCUT2D eigenvalue weighted by Gasteiger charge is 2.37.